The summed E-state index contributed by atoms with van der Waals surface area (Å²) < 4.78 is 0. The van der Waals surface area contributed by atoms with E-state index in [1.165, 1.54) is 15.3 Å². The summed E-state index contributed by atoms with van der Waals surface area (Å²) in [5.74, 6) is 0. The third-order valence-corrected chi connectivity index (χ3v) is 4.87. The fourth-order valence-electron chi connectivity index (χ4n) is 1.89. The minimum atomic E-state index is -0.151. The molecule has 2 aromatic rings. The molecule has 0 nitrogen and oxygen atoms in total. The van der Waals surface area contributed by atoms with Crippen molar-refractivity contribution in [2.24, 2.45) is 0 Å². The molecule has 1 heterocycles. The third kappa shape index (κ3) is 2.67. The second-order valence-corrected chi connectivity index (χ2v) is 6.42. The van der Waals surface area contributed by atoms with Gasteiger partial charge in [-0.25, -0.2) is 0 Å². The molecule has 1 aromatic heterocycles. The zero-order chi connectivity index (χ0) is 12.6. The van der Waals surface area contributed by atoms with Gasteiger partial charge in [-0.3, -0.25) is 0 Å². The van der Waals surface area contributed by atoms with Crippen LogP contribution in [0.3, 0.4) is 0 Å². The Hall–Kier alpha value is -0.500. The summed E-state index contributed by atoms with van der Waals surface area (Å²) in [4.78, 5) is 2.47. The first kappa shape index (κ1) is 12.9. The van der Waals surface area contributed by atoms with Crippen LogP contribution in [0.25, 0.3) is 0 Å². The van der Waals surface area contributed by atoms with Gasteiger partial charge in [0, 0.05) is 14.8 Å². The monoisotopic (exact) mass is 284 g/mol. The molecule has 0 N–H and O–H groups in total. The van der Waals surface area contributed by atoms with Crippen molar-refractivity contribution in [2.75, 3.05) is 0 Å². The standard InChI is InChI=1S/C14H14Cl2S/c1-8-4-5-11(12(15)6-8)13(16)14-9(2)7-10(3)17-14/h4-7,13H,1-3H3. The van der Waals surface area contributed by atoms with Gasteiger partial charge in [-0.2, -0.15) is 0 Å². The van der Waals surface area contributed by atoms with Crippen molar-refractivity contribution in [1.29, 1.82) is 0 Å². The van der Waals surface area contributed by atoms with Crippen LogP contribution in [-0.4, -0.2) is 0 Å². The Morgan fingerprint density at radius 1 is 1.12 bits per heavy atom. The fourth-order valence-corrected chi connectivity index (χ4v) is 3.82. The highest BCUT2D eigenvalue weighted by molar-refractivity contribution is 7.12. The largest absolute Gasteiger partial charge is 0.143 e. The third-order valence-electron chi connectivity index (χ3n) is 2.74. The van der Waals surface area contributed by atoms with E-state index in [-0.39, 0.29) is 5.38 Å². The van der Waals surface area contributed by atoms with Crippen LogP contribution in [0, 0.1) is 20.8 Å². The molecule has 90 valence electrons. The maximum Gasteiger partial charge on any atom is 0.0944 e. The zero-order valence-electron chi connectivity index (χ0n) is 10.1. The molecule has 0 bridgehead atoms. The highest BCUT2D eigenvalue weighted by atomic mass is 35.5. The van der Waals surface area contributed by atoms with Gasteiger partial charge in [-0.15, -0.1) is 22.9 Å². The Morgan fingerprint density at radius 3 is 2.35 bits per heavy atom. The van der Waals surface area contributed by atoms with Crippen molar-refractivity contribution in [1.82, 2.24) is 0 Å². The summed E-state index contributed by atoms with van der Waals surface area (Å²) in [7, 11) is 0. The smallest absolute Gasteiger partial charge is 0.0944 e. The van der Waals surface area contributed by atoms with Crippen molar-refractivity contribution in [3.05, 3.63) is 55.7 Å². The Kier molecular flexibility index (Phi) is 3.82. The van der Waals surface area contributed by atoms with E-state index in [4.69, 9.17) is 23.2 Å². The Morgan fingerprint density at radius 2 is 1.82 bits per heavy atom. The predicted octanol–water partition coefficient (Wildman–Crippen LogP) is 5.65. The van der Waals surface area contributed by atoms with Crippen LogP contribution < -0.4 is 0 Å². The van der Waals surface area contributed by atoms with E-state index in [2.05, 4.69) is 19.9 Å². The molecule has 0 aliphatic heterocycles. The van der Waals surface area contributed by atoms with Gasteiger partial charge < -0.3 is 0 Å². The van der Waals surface area contributed by atoms with E-state index in [0.29, 0.717) is 0 Å². The van der Waals surface area contributed by atoms with Crippen LogP contribution in [0.1, 0.15) is 31.8 Å². The molecule has 0 saturated heterocycles. The molecular weight excluding hydrogens is 271 g/mol. The van der Waals surface area contributed by atoms with Gasteiger partial charge in [0.25, 0.3) is 0 Å². The number of aryl methyl sites for hydroxylation is 3. The summed E-state index contributed by atoms with van der Waals surface area (Å²) in [5, 5.41) is 0.595. The van der Waals surface area contributed by atoms with Gasteiger partial charge in [0.2, 0.25) is 0 Å². The normalized spacial score (nSPS) is 12.8. The minimum absolute atomic E-state index is 0.151. The number of benzene rings is 1. The predicted molar refractivity (Wildman–Crippen MR) is 77.7 cm³/mol. The van der Waals surface area contributed by atoms with Crippen molar-refractivity contribution >= 4 is 34.5 Å². The molecule has 17 heavy (non-hydrogen) atoms. The van der Waals surface area contributed by atoms with Crippen LogP contribution in [0.4, 0.5) is 0 Å². The SMILES string of the molecule is Cc1ccc(C(Cl)c2sc(C)cc2C)c(Cl)c1. The van der Waals surface area contributed by atoms with E-state index in [1.54, 1.807) is 11.3 Å². The molecule has 2 rings (SSSR count). The Balaban J connectivity index is 2.43. The first-order chi connectivity index (χ1) is 7.99. The number of rotatable bonds is 2. The lowest BCUT2D eigenvalue weighted by molar-refractivity contribution is 1.15. The van der Waals surface area contributed by atoms with E-state index in [0.717, 1.165) is 16.1 Å². The second kappa shape index (κ2) is 5.01. The van der Waals surface area contributed by atoms with Gasteiger partial charge >= 0.3 is 0 Å². The first-order valence-corrected chi connectivity index (χ1v) is 7.09. The van der Waals surface area contributed by atoms with Crippen LogP contribution in [0.5, 0.6) is 0 Å². The van der Waals surface area contributed by atoms with Gasteiger partial charge in [0.15, 0.2) is 0 Å². The van der Waals surface area contributed by atoms with Crippen molar-refractivity contribution < 1.29 is 0 Å². The molecule has 0 spiro atoms. The molecule has 0 radical (unpaired) electrons. The zero-order valence-corrected chi connectivity index (χ0v) is 12.4. The molecule has 0 saturated carbocycles. The average molecular weight is 285 g/mol. The maximum atomic E-state index is 6.53. The number of thiophene rings is 1. The lowest BCUT2D eigenvalue weighted by Crippen LogP contribution is -1.93. The highest BCUT2D eigenvalue weighted by Gasteiger charge is 2.18. The molecule has 0 fully saturated rings. The van der Waals surface area contributed by atoms with Crippen LogP contribution in [0.15, 0.2) is 24.3 Å². The fraction of sp³-hybridized carbons (Fsp3) is 0.286. The minimum Gasteiger partial charge on any atom is -0.143 e. The number of alkyl halides is 1. The number of hydrogen-bond acceptors (Lipinski definition) is 1. The van der Waals surface area contributed by atoms with Gasteiger partial charge in [-0.1, -0.05) is 23.7 Å². The van der Waals surface area contributed by atoms with E-state index < -0.39 is 0 Å². The molecule has 1 aromatic carbocycles. The maximum absolute atomic E-state index is 6.53. The average Bonchev–Trinajstić information content (AvgIpc) is 2.57. The number of halogens is 2. The lowest BCUT2D eigenvalue weighted by Gasteiger charge is -2.12. The Labute approximate surface area is 116 Å². The van der Waals surface area contributed by atoms with Crippen molar-refractivity contribution in [3.63, 3.8) is 0 Å². The summed E-state index contributed by atoms with van der Waals surface area (Å²) in [6.45, 7) is 6.22. The van der Waals surface area contributed by atoms with Crippen molar-refractivity contribution in [3.8, 4) is 0 Å². The van der Waals surface area contributed by atoms with Gasteiger partial charge in [0.05, 0.1) is 5.38 Å². The Bertz CT molecular complexity index is 543. The van der Waals surface area contributed by atoms with Crippen LogP contribution in [-0.2, 0) is 0 Å². The molecule has 1 unspecified atom stereocenters. The van der Waals surface area contributed by atoms with Crippen LogP contribution in [0.2, 0.25) is 5.02 Å². The highest BCUT2D eigenvalue weighted by Crippen LogP contribution is 2.39. The van der Waals surface area contributed by atoms with E-state index in [9.17, 15) is 0 Å². The summed E-state index contributed by atoms with van der Waals surface area (Å²) >= 11 is 14.5. The quantitative estimate of drug-likeness (QED) is 0.625. The summed E-state index contributed by atoms with van der Waals surface area (Å²) in [5.41, 5.74) is 3.38. The second-order valence-electron chi connectivity index (χ2n) is 4.29. The lowest BCUT2D eigenvalue weighted by atomic mass is 10.1. The molecule has 0 aliphatic rings. The number of hydrogen-bond donors (Lipinski definition) is 0. The van der Waals surface area contributed by atoms with E-state index in [1.807, 2.05) is 25.1 Å². The van der Waals surface area contributed by atoms with Crippen LogP contribution >= 0.6 is 34.5 Å². The molecule has 0 aliphatic carbocycles. The molecular formula is C14H14Cl2S. The van der Waals surface area contributed by atoms with Gasteiger partial charge in [-0.05, 0) is 49.6 Å². The van der Waals surface area contributed by atoms with Gasteiger partial charge in [0.1, 0.15) is 0 Å². The van der Waals surface area contributed by atoms with Crippen molar-refractivity contribution in [2.45, 2.75) is 26.1 Å². The van der Waals surface area contributed by atoms with E-state index >= 15 is 0 Å². The molecule has 3 heteroatoms. The molecule has 1 atom stereocenters. The first-order valence-electron chi connectivity index (χ1n) is 5.46. The molecule has 0 amide bonds. The summed E-state index contributed by atoms with van der Waals surface area (Å²) in [6, 6.07) is 8.19. The summed E-state index contributed by atoms with van der Waals surface area (Å²) in [6.07, 6.45) is 0. The topological polar surface area (TPSA) is 0 Å².